The molecular formula is C16H20ClN3O2. The molecular weight excluding hydrogens is 302 g/mol. The second-order valence-corrected chi connectivity index (χ2v) is 6.22. The SMILES string of the molecule is OC[C@@]1(Cc2ccc(Cl)cc2)CN(Cc2cnc[nH]2)CCO1. The van der Waals surface area contributed by atoms with Crippen molar-refractivity contribution in [1.82, 2.24) is 14.9 Å². The molecule has 1 aliphatic heterocycles. The molecule has 1 fully saturated rings. The summed E-state index contributed by atoms with van der Waals surface area (Å²) in [4.78, 5) is 9.44. The van der Waals surface area contributed by atoms with Crippen molar-refractivity contribution in [3.05, 3.63) is 53.1 Å². The van der Waals surface area contributed by atoms with Crippen LogP contribution in [0.15, 0.2) is 36.8 Å². The van der Waals surface area contributed by atoms with Gasteiger partial charge in [-0.15, -0.1) is 0 Å². The van der Waals surface area contributed by atoms with E-state index in [-0.39, 0.29) is 6.61 Å². The topological polar surface area (TPSA) is 61.4 Å². The van der Waals surface area contributed by atoms with Gasteiger partial charge in [0.2, 0.25) is 0 Å². The number of aliphatic hydroxyl groups is 1. The summed E-state index contributed by atoms with van der Waals surface area (Å²) in [6.07, 6.45) is 4.18. The lowest BCUT2D eigenvalue weighted by Crippen LogP contribution is -2.55. The van der Waals surface area contributed by atoms with E-state index in [1.807, 2.05) is 30.5 Å². The van der Waals surface area contributed by atoms with Crippen LogP contribution in [0.25, 0.3) is 0 Å². The van der Waals surface area contributed by atoms with Crippen LogP contribution in [-0.4, -0.2) is 51.9 Å². The van der Waals surface area contributed by atoms with E-state index in [1.165, 1.54) is 0 Å². The van der Waals surface area contributed by atoms with E-state index in [4.69, 9.17) is 16.3 Å². The fourth-order valence-electron chi connectivity index (χ4n) is 2.90. The van der Waals surface area contributed by atoms with E-state index in [0.717, 1.165) is 24.3 Å². The number of morpholine rings is 1. The van der Waals surface area contributed by atoms with Crippen LogP contribution in [0, 0.1) is 0 Å². The Bertz CT molecular complexity index is 588. The minimum absolute atomic E-state index is 0.00486. The molecule has 1 aromatic heterocycles. The molecule has 0 aliphatic carbocycles. The summed E-state index contributed by atoms with van der Waals surface area (Å²) in [6, 6.07) is 7.70. The van der Waals surface area contributed by atoms with Gasteiger partial charge in [-0.3, -0.25) is 4.90 Å². The summed E-state index contributed by atoms with van der Waals surface area (Å²) in [6.45, 7) is 2.93. The fraction of sp³-hybridized carbons (Fsp3) is 0.438. The second-order valence-electron chi connectivity index (χ2n) is 5.78. The summed E-state index contributed by atoms with van der Waals surface area (Å²) in [5.41, 5.74) is 1.62. The number of rotatable bonds is 5. The zero-order valence-corrected chi connectivity index (χ0v) is 13.1. The van der Waals surface area contributed by atoms with Crippen LogP contribution in [0.4, 0.5) is 0 Å². The number of aromatic nitrogens is 2. The molecule has 0 amide bonds. The van der Waals surface area contributed by atoms with Crippen molar-refractivity contribution in [3.63, 3.8) is 0 Å². The van der Waals surface area contributed by atoms with Gasteiger partial charge in [-0.25, -0.2) is 4.98 Å². The Balaban J connectivity index is 1.69. The van der Waals surface area contributed by atoms with Crippen LogP contribution in [0.1, 0.15) is 11.3 Å². The number of halogens is 1. The van der Waals surface area contributed by atoms with Gasteiger partial charge in [-0.2, -0.15) is 0 Å². The Hall–Kier alpha value is -1.40. The average Bonchev–Trinajstić information content (AvgIpc) is 3.03. The number of benzene rings is 1. The molecule has 0 bridgehead atoms. The van der Waals surface area contributed by atoms with E-state index >= 15 is 0 Å². The predicted molar refractivity (Wildman–Crippen MR) is 84.8 cm³/mol. The summed E-state index contributed by atoms with van der Waals surface area (Å²) in [7, 11) is 0. The molecule has 0 saturated carbocycles. The number of aromatic amines is 1. The van der Waals surface area contributed by atoms with E-state index < -0.39 is 5.60 Å². The van der Waals surface area contributed by atoms with Crippen LogP contribution in [0.5, 0.6) is 0 Å². The molecule has 2 heterocycles. The minimum Gasteiger partial charge on any atom is -0.393 e. The maximum absolute atomic E-state index is 9.90. The Kier molecular flexibility index (Phi) is 4.78. The van der Waals surface area contributed by atoms with Crippen molar-refractivity contribution < 1.29 is 9.84 Å². The Morgan fingerprint density at radius 1 is 1.36 bits per heavy atom. The van der Waals surface area contributed by atoms with Crippen LogP contribution in [0.2, 0.25) is 5.02 Å². The molecule has 22 heavy (non-hydrogen) atoms. The molecule has 0 radical (unpaired) electrons. The number of nitrogens with one attached hydrogen (secondary N) is 1. The Morgan fingerprint density at radius 2 is 2.18 bits per heavy atom. The largest absolute Gasteiger partial charge is 0.393 e. The smallest absolute Gasteiger partial charge is 0.108 e. The van der Waals surface area contributed by atoms with Crippen LogP contribution in [-0.2, 0) is 17.7 Å². The first-order valence-corrected chi connectivity index (χ1v) is 7.76. The zero-order chi connectivity index (χ0) is 15.4. The summed E-state index contributed by atoms with van der Waals surface area (Å²) >= 11 is 5.93. The van der Waals surface area contributed by atoms with E-state index in [1.54, 1.807) is 6.33 Å². The first kappa shape index (κ1) is 15.5. The Morgan fingerprint density at radius 3 is 2.86 bits per heavy atom. The lowest BCUT2D eigenvalue weighted by Gasteiger charge is -2.41. The van der Waals surface area contributed by atoms with Crippen molar-refractivity contribution in [2.45, 2.75) is 18.6 Å². The molecule has 5 nitrogen and oxygen atoms in total. The number of imidazole rings is 1. The highest BCUT2D eigenvalue weighted by atomic mass is 35.5. The molecule has 0 unspecified atom stereocenters. The highest BCUT2D eigenvalue weighted by Gasteiger charge is 2.36. The van der Waals surface area contributed by atoms with Crippen molar-refractivity contribution >= 4 is 11.6 Å². The fourth-order valence-corrected chi connectivity index (χ4v) is 3.03. The summed E-state index contributed by atoms with van der Waals surface area (Å²) in [5, 5.41) is 10.6. The molecule has 3 rings (SSSR count). The lowest BCUT2D eigenvalue weighted by atomic mass is 9.93. The quantitative estimate of drug-likeness (QED) is 0.882. The van der Waals surface area contributed by atoms with E-state index in [9.17, 15) is 5.11 Å². The van der Waals surface area contributed by atoms with Crippen molar-refractivity contribution in [2.75, 3.05) is 26.3 Å². The molecule has 118 valence electrons. The summed E-state index contributed by atoms with van der Waals surface area (Å²) in [5.74, 6) is 0. The molecule has 2 N–H and O–H groups in total. The van der Waals surface area contributed by atoms with Crippen LogP contribution in [0.3, 0.4) is 0 Å². The highest BCUT2D eigenvalue weighted by molar-refractivity contribution is 6.30. The molecule has 6 heteroatoms. The molecule has 1 aliphatic rings. The van der Waals surface area contributed by atoms with Gasteiger partial charge in [-0.05, 0) is 17.7 Å². The van der Waals surface area contributed by atoms with Gasteiger partial charge in [0.15, 0.2) is 0 Å². The monoisotopic (exact) mass is 321 g/mol. The number of H-pyrrole nitrogens is 1. The van der Waals surface area contributed by atoms with Crippen LogP contribution >= 0.6 is 11.6 Å². The summed E-state index contributed by atoms with van der Waals surface area (Å²) < 4.78 is 5.95. The highest BCUT2D eigenvalue weighted by Crippen LogP contribution is 2.24. The van der Waals surface area contributed by atoms with Gasteiger partial charge in [0.25, 0.3) is 0 Å². The lowest BCUT2D eigenvalue weighted by molar-refractivity contribution is -0.134. The standard InChI is InChI=1S/C16H20ClN3O2/c17-14-3-1-13(2-4-14)7-16(11-21)10-20(5-6-22-16)9-15-8-18-12-19-15/h1-4,8,12,21H,5-7,9-11H2,(H,18,19)/t16-/m1/s1. The van der Waals surface area contributed by atoms with Crippen molar-refractivity contribution in [1.29, 1.82) is 0 Å². The molecule has 2 aromatic rings. The third kappa shape index (κ3) is 3.67. The zero-order valence-electron chi connectivity index (χ0n) is 12.3. The minimum atomic E-state index is -0.563. The predicted octanol–water partition coefficient (Wildman–Crippen LogP) is 1.87. The number of ether oxygens (including phenoxy) is 1. The molecule has 1 aromatic carbocycles. The van der Waals surface area contributed by atoms with Gasteiger partial charge in [0.1, 0.15) is 5.60 Å². The van der Waals surface area contributed by atoms with E-state index in [2.05, 4.69) is 14.9 Å². The van der Waals surface area contributed by atoms with Gasteiger partial charge < -0.3 is 14.8 Å². The maximum Gasteiger partial charge on any atom is 0.108 e. The Labute approximate surface area is 134 Å². The van der Waals surface area contributed by atoms with Gasteiger partial charge in [-0.1, -0.05) is 23.7 Å². The van der Waals surface area contributed by atoms with Crippen LogP contribution < -0.4 is 0 Å². The van der Waals surface area contributed by atoms with E-state index in [0.29, 0.717) is 24.6 Å². The van der Waals surface area contributed by atoms with Gasteiger partial charge in [0, 0.05) is 43.0 Å². The first-order chi connectivity index (χ1) is 10.7. The van der Waals surface area contributed by atoms with Gasteiger partial charge in [0.05, 0.1) is 19.5 Å². The third-order valence-corrected chi connectivity index (χ3v) is 4.26. The number of hydrogen-bond acceptors (Lipinski definition) is 4. The van der Waals surface area contributed by atoms with Gasteiger partial charge >= 0.3 is 0 Å². The number of aliphatic hydroxyl groups excluding tert-OH is 1. The molecule has 1 saturated heterocycles. The second kappa shape index (κ2) is 6.79. The van der Waals surface area contributed by atoms with Crippen molar-refractivity contribution in [3.8, 4) is 0 Å². The molecule has 1 atom stereocenters. The number of hydrogen-bond donors (Lipinski definition) is 2. The number of nitrogens with zero attached hydrogens (tertiary/aromatic N) is 2. The maximum atomic E-state index is 9.90. The van der Waals surface area contributed by atoms with Crippen molar-refractivity contribution in [2.24, 2.45) is 0 Å². The normalized spacial score (nSPS) is 22.8. The molecule has 0 spiro atoms. The first-order valence-electron chi connectivity index (χ1n) is 7.38. The average molecular weight is 322 g/mol. The third-order valence-electron chi connectivity index (χ3n) is 4.00.